The monoisotopic (exact) mass is 431 g/mol. The Bertz CT molecular complexity index is 628. The van der Waals surface area contributed by atoms with E-state index in [1.807, 2.05) is 0 Å². The Hall–Kier alpha value is -1.98. The topological polar surface area (TPSA) is 149 Å². The molecule has 1 heterocycles. The van der Waals surface area contributed by atoms with E-state index in [-0.39, 0.29) is 17.4 Å². The van der Waals surface area contributed by atoms with Crippen LogP contribution in [0.3, 0.4) is 0 Å². The molecule has 0 aromatic heterocycles. The van der Waals surface area contributed by atoms with Gasteiger partial charge >= 0.3 is 6.03 Å². The van der Waals surface area contributed by atoms with Crippen LogP contribution in [0.4, 0.5) is 4.79 Å². The number of hydrogen-bond acceptors (Lipinski definition) is 6. The van der Waals surface area contributed by atoms with E-state index in [1.165, 1.54) is 6.08 Å². The first-order valence-electron chi connectivity index (χ1n) is 9.73. The number of hydrogen-bond donors (Lipinski definition) is 6. The van der Waals surface area contributed by atoms with Crippen molar-refractivity contribution in [1.29, 1.82) is 0 Å². The molecule has 0 bridgehead atoms. The average molecular weight is 432 g/mol. The molecule has 0 aromatic rings. The van der Waals surface area contributed by atoms with Crippen LogP contribution in [-0.4, -0.2) is 76.1 Å². The number of carbonyl (C=O) groups excluding carboxylic acids is 3. The number of aliphatic hydroxyl groups is 1. The molecule has 0 saturated carbocycles. The average Bonchev–Trinajstić information content (AvgIpc) is 2.63. The van der Waals surface area contributed by atoms with Gasteiger partial charge in [0.25, 0.3) is 0 Å². The molecule has 166 valence electrons. The maximum atomic E-state index is 12.8. The Labute approximate surface area is 174 Å². The zero-order valence-electron chi connectivity index (χ0n) is 17.4. The lowest BCUT2D eigenvalue weighted by Gasteiger charge is -2.26. The summed E-state index contributed by atoms with van der Waals surface area (Å²) in [5.41, 5.74) is 0. The quantitative estimate of drug-likeness (QED) is 0.293. The van der Waals surface area contributed by atoms with Crippen molar-refractivity contribution in [2.45, 2.75) is 52.0 Å². The van der Waals surface area contributed by atoms with Crippen molar-refractivity contribution in [3.05, 3.63) is 12.2 Å². The van der Waals surface area contributed by atoms with Crippen LogP contribution >= 0.6 is 0 Å². The van der Waals surface area contributed by atoms with Crippen molar-refractivity contribution in [2.75, 3.05) is 24.6 Å². The van der Waals surface area contributed by atoms with Gasteiger partial charge in [0, 0.05) is 35.7 Å². The summed E-state index contributed by atoms with van der Waals surface area (Å²) in [5.74, 6) is -1.08. The van der Waals surface area contributed by atoms with Crippen LogP contribution in [0.15, 0.2) is 12.2 Å². The third-order valence-electron chi connectivity index (χ3n) is 4.19. The van der Waals surface area contributed by atoms with Crippen molar-refractivity contribution in [1.82, 2.24) is 26.6 Å². The molecule has 0 spiro atoms. The molecule has 4 amide bonds. The highest BCUT2D eigenvalue weighted by Crippen LogP contribution is 2.04. The van der Waals surface area contributed by atoms with E-state index in [2.05, 4.69) is 26.6 Å². The zero-order valence-corrected chi connectivity index (χ0v) is 18.2. The molecule has 0 aromatic carbocycles. The highest BCUT2D eigenvalue weighted by atomic mass is 32.2. The van der Waals surface area contributed by atoms with Gasteiger partial charge in [-0.3, -0.25) is 19.1 Å². The van der Waals surface area contributed by atoms with Crippen LogP contribution in [0.5, 0.6) is 0 Å². The zero-order chi connectivity index (χ0) is 22.0. The minimum atomic E-state index is -1.40. The molecule has 6 N–H and O–H groups in total. The van der Waals surface area contributed by atoms with Crippen LogP contribution in [0, 0.1) is 5.92 Å². The molecule has 0 radical (unpaired) electrons. The smallest absolute Gasteiger partial charge is 0.315 e. The maximum Gasteiger partial charge on any atom is 0.315 e. The standard InChI is InChI=1S/C18H33N5O5S/c1-5-19-18(27)23-15(11(2)3)17(26)22-13-10-29(28)9-8-20-14(24)7-6-12(4)21-16(13)25/h6-7,11-15,20,24H,5,8-10H2,1-4H3,(H,21,25)(H,22,26)(H2,19,23,27)/b7-6+/t12-,13-,14?,15-,29?/m0/s1. The van der Waals surface area contributed by atoms with Gasteiger partial charge in [-0.2, -0.15) is 0 Å². The fraction of sp³-hybridized carbons (Fsp3) is 0.722. The van der Waals surface area contributed by atoms with E-state index < -0.39 is 53.0 Å². The van der Waals surface area contributed by atoms with Crippen molar-refractivity contribution in [3.8, 4) is 0 Å². The van der Waals surface area contributed by atoms with E-state index in [9.17, 15) is 23.7 Å². The second-order valence-electron chi connectivity index (χ2n) is 7.18. The number of urea groups is 1. The number of amides is 4. The number of rotatable bonds is 5. The first-order chi connectivity index (χ1) is 13.6. The third kappa shape index (κ3) is 9.37. The first-order valence-corrected chi connectivity index (χ1v) is 11.2. The Morgan fingerprint density at radius 3 is 2.66 bits per heavy atom. The largest absolute Gasteiger partial charge is 0.375 e. The molecule has 1 rings (SSSR count). The Kier molecular flexibility index (Phi) is 10.8. The van der Waals surface area contributed by atoms with Gasteiger partial charge in [-0.25, -0.2) is 4.79 Å². The lowest BCUT2D eigenvalue weighted by atomic mass is 10.0. The summed E-state index contributed by atoms with van der Waals surface area (Å²) in [5, 5.41) is 23.1. The molecule has 10 nitrogen and oxygen atoms in total. The van der Waals surface area contributed by atoms with E-state index in [4.69, 9.17) is 0 Å². The Morgan fingerprint density at radius 1 is 1.34 bits per heavy atom. The maximum absolute atomic E-state index is 12.8. The summed E-state index contributed by atoms with van der Waals surface area (Å²) < 4.78 is 12.4. The van der Waals surface area contributed by atoms with Crippen LogP contribution in [0.2, 0.25) is 0 Å². The molecule has 1 aliphatic rings. The van der Waals surface area contributed by atoms with Crippen molar-refractivity contribution in [3.63, 3.8) is 0 Å². The van der Waals surface area contributed by atoms with E-state index in [0.29, 0.717) is 13.1 Å². The van der Waals surface area contributed by atoms with Crippen LogP contribution in [0.25, 0.3) is 0 Å². The Morgan fingerprint density at radius 2 is 2.03 bits per heavy atom. The van der Waals surface area contributed by atoms with Crippen molar-refractivity contribution in [2.24, 2.45) is 5.92 Å². The van der Waals surface area contributed by atoms with Gasteiger partial charge in [-0.1, -0.05) is 19.9 Å². The highest BCUT2D eigenvalue weighted by molar-refractivity contribution is 7.85. The van der Waals surface area contributed by atoms with Gasteiger partial charge in [-0.05, 0) is 25.8 Å². The van der Waals surface area contributed by atoms with Gasteiger partial charge in [0.15, 0.2) is 0 Å². The molecule has 29 heavy (non-hydrogen) atoms. The fourth-order valence-corrected chi connectivity index (χ4v) is 3.75. The summed E-state index contributed by atoms with van der Waals surface area (Å²) in [6.45, 7) is 7.74. The van der Waals surface area contributed by atoms with E-state index >= 15 is 0 Å². The minimum Gasteiger partial charge on any atom is -0.375 e. The van der Waals surface area contributed by atoms with E-state index in [0.717, 1.165) is 0 Å². The summed E-state index contributed by atoms with van der Waals surface area (Å²) in [6.07, 6.45) is 2.22. The summed E-state index contributed by atoms with van der Waals surface area (Å²) >= 11 is 0. The molecule has 0 fully saturated rings. The number of nitrogens with one attached hydrogen (secondary N) is 5. The lowest BCUT2D eigenvalue weighted by molar-refractivity contribution is -0.130. The van der Waals surface area contributed by atoms with Gasteiger partial charge in [0.2, 0.25) is 11.8 Å². The molecule has 1 aliphatic heterocycles. The predicted molar refractivity (Wildman–Crippen MR) is 111 cm³/mol. The lowest BCUT2D eigenvalue weighted by Crippen LogP contribution is -2.58. The first kappa shape index (κ1) is 25.1. The minimum absolute atomic E-state index is 0.0717. The molecule has 11 heteroatoms. The van der Waals surface area contributed by atoms with Crippen LogP contribution in [-0.2, 0) is 20.4 Å². The fourth-order valence-electron chi connectivity index (χ4n) is 2.64. The summed E-state index contributed by atoms with van der Waals surface area (Å²) in [7, 11) is -1.40. The molecular weight excluding hydrogens is 398 g/mol. The third-order valence-corrected chi connectivity index (χ3v) is 5.56. The van der Waals surface area contributed by atoms with Crippen molar-refractivity contribution >= 4 is 28.6 Å². The van der Waals surface area contributed by atoms with Gasteiger partial charge in [-0.15, -0.1) is 0 Å². The molecule has 0 aliphatic carbocycles. The normalized spacial score (nSPS) is 28.3. The van der Waals surface area contributed by atoms with E-state index in [1.54, 1.807) is 33.8 Å². The number of aliphatic hydroxyl groups excluding tert-OH is 1. The summed E-state index contributed by atoms with van der Waals surface area (Å²) in [4.78, 5) is 37.2. The van der Waals surface area contributed by atoms with Crippen molar-refractivity contribution < 1.29 is 23.7 Å². The highest BCUT2D eigenvalue weighted by Gasteiger charge is 2.30. The molecular formula is C18H33N5O5S. The van der Waals surface area contributed by atoms with Crippen LogP contribution < -0.4 is 26.6 Å². The van der Waals surface area contributed by atoms with Gasteiger partial charge < -0.3 is 26.4 Å². The van der Waals surface area contributed by atoms with Gasteiger partial charge in [0.05, 0.1) is 5.75 Å². The second kappa shape index (κ2) is 12.6. The molecule has 5 atom stereocenters. The van der Waals surface area contributed by atoms with Crippen LogP contribution in [0.1, 0.15) is 27.7 Å². The Balaban J connectivity index is 2.92. The predicted octanol–water partition coefficient (Wildman–Crippen LogP) is -1.45. The summed E-state index contributed by atoms with van der Waals surface area (Å²) in [6, 6.07) is -2.74. The second-order valence-corrected chi connectivity index (χ2v) is 8.80. The molecule has 0 saturated heterocycles. The van der Waals surface area contributed by atoms with Gasteiger partial charge in [0.1, 0.15) is 18.3 Å². The SMILES string of the molecule is CCNC(=O)N[C@H](C(=O)N[C@H]1CS(=O)CCNC(O)/C=C/[C@H](C)NC1=O)C(C)C. The number of carbonyl (C=O) groups is 3. The molecule has 2 unspecified atom stereocenters.